The third kappa shape index (κ3) is 4.96. The van der Waals surface area contributed by atoms with Gasteiger partial charge in [0.2, 0.25) is 0 Å². The van der Waals surface area contributed by atoms with E-state index < -0.39 is 24.5 Å². The van der Waals surface area contributed by atoms with E-state index in [0.717, 1.165) is 32.8 Å². The van der Waals surface area contributed by atoms with E-state index in [-0.39, 0.29) is 6.61 Å². The zero-order chi connectivity index (χ0) is 15.8. The summed E-state index contributed by atoms with van der Waals surface area (Å²) in [6, 6.07) is 0. The molecule has 2 N–H and O–H groups in total. The largest absolute Gasteiger partial charge is 0.396 e. The highest BCUT2D eigenvalue weighted by molar-refractivity contribution is 7.55. The maximum absolute atomic E-state index is 12.3. The predicted octanol–water partition coefficient (Wildman–Crippen LogP) is 3.13. The molecule has 0 spiro atoms. The van der Waals surface area contributed by atoms with Gasteiger partial charge in [0.05, 0.1) is 6.61 Å². The number of aliphatic hydroxyl groups is 1. The monoisotopic (exact) mass is 308 g/mol. The van der Waals surface area contributed by atoms with Gasteiger partial charge in [0.25, 0.3) is 0 Å². The highest BCUT2D eigenvalue weighted by atomic mass is 31.2. The second-order valence-electron chi connectivity index (χ2n) is 5.59. The van der Waals surface area contributed by atoms with Crippen LogP contribution in [0.25, 0.3) is 0 Å². The molecule has 0 bridgehead atoms. The Balaban J connectivity index is 4.90. The summed E-state index contributed by atoms with van der Waals surface area (Å²) in [6.45, 7) is 4.83. The number of unbranched alkanes of at least 4 members (excludes halogenated alkanes) is 4. The summed E-state index contributed by atoms with van der Waals surface area (Å²) in [7, 11) is -2.89. The van der Waals surface area contributed by atoms with Crippen molar-refractivity contribution in [2.75, 3.05) is 13.7 Å². The van der Waals surface area contributed by atoms with Gasteiger partial charge in [-0.2, -0.15) is 0 Å². The Morgan fingerprint density at radius 2 is 1.85 bits per heavy atom. The average molecular weight is 308 g/mol. The molecular formula is C14H29O5P. The van der Waals surface area contributed by atoms with Crippen LogP contribution < -0.4 is 0 Å². The van der Waals surface area contributed by atoms with Gasteiger partial charge in [-0.3, -0.25) is 9.36 Å². The number of Topliss-reactive ketones (excluding diaryl/α,β-unsaturated/α-hetero) is 1. The van der Waals surface area contributed by atoms with Crippen LogP contribution in [0.4, 0.5) is 0 Å². The molecule has 5 nitrogen and oxygen atoms in total. The Kier molecular flexibility index (Phi) is 8.83. The topological polar surface area (TPSA) is 83.8 Å². The zero-order valence-corrected chi connectivity index (χ0v) is 14.0. The first-order chi connectivity index (χ1) is 9.26. The summed E-state index contributed by atoms with van der Waals surface area (Å²) in [5, 5.41) is 7.68. The number of ketones is 1. The Bertz CT molecular complexity index is 344. The number of carbonyl (C=O) groups is 1. The molecule has 0 aliphatic heterocycles. The Morgan fingerprint density at radius 3 is 2.30 bits per heavy atom. The Labute approximate surface area is 122 Å². The number of rotatable bonds is 11. The minimum absolute atomic E-state index is 0.307. The zero-order valence-electron chi connectivity index (χ0n) is 13.1. The number of aliphatic hydroxyl groups excluding tert-OH is 1. The van der Waals surface area contributed by atoms with Gasteiger partial charge >= 0.3 is 7.60 Å². The third-order valence-corrected chi connectivity index (χ3v) is 6.08. The van der Waals surface area contributed by atoms with Gasteiger partial charge in [-0.25, -0.2) is 0 Å². The van der Waals surface area contributed by atoms with E-state index in [0.29, 0.717) is 12.8 Å². The molecule has 0 heterocycles. The fraction of sp³-hybridized carbons (Fsp3) is 0.929. The molecule has 0 fully saturated rings. The third-order valence-electron chi connectivity index (χ3n) is 3.89. The molecular weight excluding hydrogens is 279 g/mol. The highest BCUT2D eigenvalue weighted by Crippen LogP contribution is 2.58. The van der Waals surface area contributed by atoms with Crippen LogP contribution in [-0.2, 0) is 13.9 Å². The fourth-order valence-electron chi connectivity index (χ4n) is 2.29. The summed E-state index contributed by atoms with van der Waals surface area (Å²) >= 11 is 0. The van der Waals surface area contributed by atoms with E-state index in [4.69, 9.17) is 9.63 Å². The van der Waals surface area contributed by atoms with Crippen LogP contribution in [0.3, 0.4) is 0 Å². The van der Waals surface area contributed by atoms with Crippen molar-refractivity contribution in [2.24, 2.45) is 5.92 Å². The van der Waals surface area contributed by atoms with E-state index in [9.17, 15) is 14.3 Å². The maximum atomic E-state index is 12.3. The average Bonchev–Trinajstić information content (AvgIpc) is 2.44. The molecule has 0 saturated carbocycles. The van der Waals surface area contributed by atoms with Crippen LogP contribution in [0.5, 0.6) is 0 Å². The summed E-state index contributed by atoms with van der Waals surface area (Å²) in [4.78, 5) is 22.3. The van der Waals surface area contributed by atoms with E-state index in [1.54, 1.807) is 6.92 Å². The van der Waals surface area contributed by atoms with Crippen LogP contribution in [-0.4, -0.2) is 34.7 Å². The Hall–Kier alpha value is -0.220. The second-order valence-corrected chi connectivity index (χ2v) is 7.98. The molecule has 0 aliphatic carbocycles. The summed E-state index contributed by atoms with van der Waals surface area (Å²) < 4.78 is 16.9. The van der Waals surface area contributed by atoms with Crippen molar-refractivity contribution in [3.63, 3.8) is 0 Å². The van der Waals surface area contributed by atoms with Gasteiger partial charge in [-0.1, -0.05) is 46.0 Å². The quantitative estimate of drug-likeness (QED) is 0.452. The van der Waals surface area contributed by atoms with Gasteiger partial charge in [-0.05, 0) is 13.3 Å². The van der Waals surface area contributed by atoms with E-state index >= 15 is 0 Å². The SMILES string of the molecule is CCCCCCCC(C)(C(=O)C(C)CO)P(=O)(O)OC. The van der Waals surface area contributed by atoms with Crippen molar-refractivity contribution < 1.29 is 23.9 Å². The Morgan fingerprint density at radius 1 is 1.30 bits per heavy atom. The predicted molar refractivity (Wildman–Crippen MR) is 79.9 cm³/mol. The van der Waals surface area contributed by atoms with E-state index in [2.05, 4.69) is 6.92 Å². The maximum Gasteiger partial charge on any atom is 0.341 e. The van der Waals surface area contributed by atoms with Crippen molar-refractivity contribution in [2.45, 2.75) is 64.5 Å². The summed E-state index contributed by atoms with van der Waals surface area (Å²) in [5.41, 5.74) is 0. The summed E-state index contributed by atoms with van der Waals surface area (Å²) in [6.07, 6.45) is 5.23. The molecule has 0 aromatic rings. The lowest BCUT2D eigenvalue weighted by molar-refractivity contribution is -0.126. The van der Waals surface area contributed by atoms with Gasteiger partial charge < -0.3 is 14.5 Å². The van der Waals surface area contributed by atoms with Crippen molar-refractivity contribution in [3.05, 3.63) is 0 Å². The van der Waals surface area contributed by atoms with E-state index in [1.165, 1.54) is 6.92 Å². The van der Waals surface area contributed by atoms with Gasteiger partial charge in [0.1, 0.15) is 5.16 Å². The smallest absolute Gasteiger partial charge is 0.341 e. The van der Waals surface area contributed by atoms with Crippen LogP contribution in [0.15, 0.2) is 0 Å². The molecule has 120 valence electrons. The number of carbonyl (C=O) groups excluding carboxylic acids is 1. The summed E-state index contributed by atoms with van der Waals surface area (Å²) in [5.74, 6) is -1.06. The number of hydrogen-bond donors (Lipinski definition) is 2. The van der Waals surface area contributed by atoms with Crippen LogP contribution in [0.2, 0.25) is 0 Å². The van der Waals surface area contributed by atoms with Gasteiger partial charge in [0, 0.05) is 13.0 Å². The lowest BCUT2D eigenvalue weighted by Gasteiger charge is -2.33. The molecule has 0 rings (SSSR count). The first kappa shape index (κ1) is 19.8. The van der Waals surface area contributed by atoms with Crippen molar-refractivity contribution >= 4 is 13.4 Å². The lowest BCUT2D eigenvalue weighted by Crippen LogP contribution is -2.40. The molecule has 0 radical (unpaired) electrons. The molecule has 3 unspecified atom stereocenters. The standard InChI is InChI=1S/C14H29O5P/c1-5-6-7-8-9-10-14(3,20(17,18)19-4)13(16)12(2)11-15/h12,15H,5-11H2,1-4H3,(H,17,18). The molecule has 6 heteroatoms. The molecule has 0 aromatic heterocycles. The van der Waals surface area contributed by atoms with Gasteiger partial charge in [-0.15, -0.1) is 0 Å². The minimum atomic E-state index is -4.03. The highest BCUT2D eigenvalue weighted by Gasteiger charge is 2.50. The van der Waals surface area contributed by atoms with Crippen molar-refractivity contribution in [3.8, 4) is 0 Å². The van der Waals surface area contributed by atoms with E-state index in [1.807, 2.05) is 0 Å². The first-order valence-electron chi connectivity index (χ1n) is 7.30. The van der Waals surface area contributed by atoms with Crippen molar-refractivity contribution in [1.29, 1.82) is 0 Å². The molecule has 0 saturated heterocycles. The lowest BCUT2D eigenvalue weighted by atomic mass is 9.90. The number of hydrogen-bond acceptors (Lipinski definition) is 4. The van der Waals surface area contributed by atoms with Crippen LogP contribution >= 0.6 is 7.60 Å². The van der Waals surface area contributed by atoms with Gasteiger partial charge in [0.15, 0.2) is 5.78 Å². The second kappa shape index (κ2) is 8.93. The van der Waals surface area contributed by atoms with Crippen LogP contribution in [0.1, 0.15) is 59.3 Å². The molecule has 20 heavy (non-hydrogen) atoms. The first-order valence-corrected chi connectivity index (χ1v) is 8.88. The molecule has 0 amide bonds. The normalized spacial score (nSPS) is 19.1. The van der Waals surface area contributed by atoms with Crippen molar-refractivity contribution in [1.82, 2.24) is 0 Å². The molecule has 3 atom stereocenters. The van der Waals surface area contributed by atoms with Crippen LogP contribution in [0, 0.1) is 5.92 Å². The molecule has 0 aliphatic rings. The fourth-order valence-corrected chi connectivity index (χ4v) is 3.63. The minimum Gasteiger partial charge on any atom is -0.396 e. The molecule has 0 aromatic carbocycles.